The molecule has 3 rings (SSSR count). The fourth-order valence-corrected chi connectivity index (χ4v) is 3.55. The van der Waals surface area contributed by atoms with Crippen LogP contribution in [0.15, 0.2) is 54.4 Å². The zero-order valence-electron chi connectivity index (χ0n) is 15.1. The Morgan fingerprint density at radius 2 is 1.88 bits per heavy atom. The maximum Gasteiger partial charge on any atom is 0.222 e. The zero-order chi connectivity index (χ0) is 17.5. The minimum absolute atomic E-state index is 0.122. The Hall–Kier alpha value is -2.42. The molecule has 2 heterocycles. The van der Waals surface area contributed by atoms with Crippen LogP contribution in [0.1, 0.15) is 30.7 Å². The highest BCUT2D eigenvalue weighted by Gasteiger charge is 2.38. The Kier molecular flexibility index (Phi) is 4.04. The van der Waals surface area contributed by atoms with Crippen molar-refractivity contribution in [1.29, 1.82) is 0 Å². The second-order valence-electron chi connectivity index (χ2n) is 7.10. The second kappa shape index (κ2) is 5.90. The molecule has 0 radical (unpaired) electrons. The Morgan fingerprint density at radius 3 is 2.58 bits per heavy atom. The van der Waals surface area contributed by atoms with E-state index in [4.69, 9.17) is 0 Å². The normalized spacial score (nSPS) is 17.2. The van der Waals surface area contributed by atoms with Crippen molar-refractivity contribution >= 4 is 11.5 Å². The van der Waals surface area contributed by atoms with E-state index in [0.29, 0.717) is 6.54 Å². The number of hydrogen-bond donors (Lipinski definition) is 0. The first kappa shape index (κ1) is 16.4. The first-order valence-corrected chi connectivity index (χ1v) is 8.36. The van der Waals surface area contributed by atoms with Gasteiger partial charge >= 0.3 is 0 Å². The van der Waals surface area contributed by atoms with E-state index in [0.717, 1.165) is 11.4 Å². The molecular weight excluding hydrogens is 296 g/mol. The average molecular weight is 321 g/mol. The van der Waals surface area contributed by atoms with Gasteiger partial charge in [0.25, 0.3) is 0 Å². The van der Waals surface area contributed by atoms with Crippen molar-refractivity contribution in [2.75, 3.05) is 11.9 Å². The van der Waals surface area contributed by atoms with E-state index in [2.05, 4.69) is 56.9 Å². The summed E-state index contributed by atoms with van der Waals surface area (Å²) in [6, 6.07) is 12.4. The number of allylic oxidation sites excluding steroid dienone is 2. The number of pyridine rings is 1. The van der Waals surface area contributed by atoms with Crippen LogP contribution in [0.2, 0.25) is 0 Å². The van der Waals surface area contributed by atoms with Crippen LogP contribution in [0.5, 0.6) is 0 Å². The van der Waals surface area contributed by atoms with Crippen molar-refractivity contribution in [2.45, 2.75) is 39.7 Å². The van der Waals surface area contributed by atoms with Crippen LogP contribution in [0, 0.1) is 13.8 Å². The molecule has 0 spiro atoms. The number of aromatic nitrogens is 1. The van der Waals surface area contributed by atoms with E-state index in [1.165, 1.54) is 16.8 Å². The van der Waals surface area contributed by atoms with E-state index in [1.807, 2.05) is 36.0 Å². The van der Waals surface area contributed by atoms with Crippen LogP contribution in [0.3, 0.4) is 0 Å². The summed E-state index contributed by atoms with van der Waals surface area (Å²) >= 11 is 0. The first-order valence-electron chi connectivity index (χ1n) is 8.36. The van der Waals surface area contributed by atoms with E-state index in [-0.39, 0.29) is 11.2 Å². The molecule has 1 aromatic carbocycles. The average Bonchev–Trinajstić information content (AvgIpc) is 2.73. The molecule has 0 saturated heterocycles. The molecule has 1 aromatic heterocycles. The van der Waals surface area contributed by atoms with Crippen molar-refractivity contribution in [1.82, 2.24) is 0 Å². The minimum atomic E-state index is -0.159. The summed E-state index contributed by atoms with van der Waals surface area (Å²) in [7, 11) is 2.04. The quantitative estimate of drug-likeness (QED) is 0.638. The maximum atomic E-state index is 12.7. The van der Waals surface area contributed by atoms with E-state index >= 15 is 0 Å². The smallest absolute Gasteiger partial charge is 0.222 e. The van der Waals surface area contributed by atoms with Gasteiger partial charge in [0.2, 0.25) is 12.3 Å². The lowest BCUT2D eigenvalue weighted by Gasteiger charge is -2.23. The molecule has 24 heavy (non-hydrogen) atoms. The molecule has 0 N–H and O–H groups in total. The Bertz CT molecular complexity index is 833. The van der Waals surface area contributed by atoms with Crippen molar-refractivity contribution in [3.8, 4) is 0 Å². The van der Waals surface area contributed by atoms with Crippen molar-refractivity contribution in [3.63, 3.8) is 0 Å². The summed E-state index contributed by atoms with van der Waals surface area (Å²) in [5, 5.41) is 0. The summed E-state index contributed by atoms with van der Waals surface area (Å²) in [6.45, 7) is 8.85. The molecule has 2 aromatic rings. The largest absolute Gasteiger partial charge is 0.347 e. The number of rotatable bonds is 3. The summed E-state index contributed by atoms with van der Waals surface area (Å²) in [5.74, 6) is 0.122. The third-order valence-corrected chi connectivity index (χ3v) is 5.18. The van der Waals surface area contributed by atoms with Crippen LogP contribution in [-0.2, 0) is 16.8 Å². The van der Waals surface area contributed by atoms with E-state index < -0.39 is 0 Å². The Balaban J connectivity index is 1.92. The van der Waals surface area contributed by atoms with Crippen LogP contribution >= 0.6 is 0 Å². The molecule has 3 heteroatoms. The molecule has 0 atom stereocenters. The van der Waals surface area contributed by atoms with Gasteiger partial charge < -0.3 is 4.90 Å². The van der Waals surface area contributed by atoms with E-state index in [1.54, 1.807) is 0 Å². The lowest BCUT2D eigenvalue weighted by Crippen LogP contribution is -2.41. The van der Waals surface area contributed by atoms with Gasteiger partial charge in [0.1, 0.15) is 0 Å². The number of carbonyl (C=O) groups excluding carboxylic acids is 1. The van der Waals surface area contributed by atoms with Crippen LogP contribution in [0.25, 0.3) is 0 Å². The van der Waals surface area contributed by atoms with Gasteiger partial charge in [-0.3, -0.25) is 4.79 Å². The third kappa shape index (κ3) is 2.64. The van der Waals surface area contributed by atoms with Crippen molar-refractivity contribution in [2.24, 2.45) is 0 Å². The molecule has 0 amide bonds. The van der Waals surface area contributed by atoms with Crippen LogP contribution < -0.4 is 9.47 Å². The molecule has 0 fully saturated rings. The molecule has 1 aliphatic heterocycles. The number of para-hydroxylation sites is 1. The van der Waals surface area contributed by atoms with Gasteiger partial charge in [-0.1, -0.05) is 32.0 Å². The molecule has 0 saturated carbocycles. The SMILES string of the molecule is Cc1ccc[n+](CC(=O)/C=C2\N(C)c3ccccc3C2(C)C)c1C. The molecule has 0 unspecified atom stereocenters. The van der Waals surface area contributed by atoms with Crippen LogP contribution in [0.4, 0.5) is 5.69 Å². The minimum Gasteiger partial charge on any atom is -0.347 e. The highest BCUT2D eigenvalue weighted by molar-refractivity contribution is 5.91. The fourth-order valence-electron chi connectivity index (χ4n) is 3.55. The van der Waals surface area contributed by atoms with Gasteiger partial charge in [-0.15, -0.1) is 0 Å². The molecule has 0 bridgehead atoms. The van der Waals surface area contributed by atoms with Gasteiger partial charge in [0.15, 0.2) is 11.9 Å². The van der Waals surface area contributed by atoms with Crippen molar-refractivity contribution in [3.05, 3.63) is 71.2 Å². The zero-order valence-corrected chi connectivity index (χ0v) is 15.1. The number of hydrogen-bond acceptors (Lipinski definition) is 2. The number of carbonyl (C=O) groups is 1. The number of benzene rings is 1. The monoisotopic (exact) mass is 321 g/mol. The summed E-state index contributed by atoms with van der Waals surface area (Å²) in [4.78, 5) is 14.8. The maximum absolute atomic E-state index is 12.7. The molecular formula is C21H25N2O+. The third-order valence-electron chi connectivity index (χ3n) is 5.18. The van der Waals surface area contributed by atoms with Crippen molar-refractivity contribution < 1.29 is 9.36 Å². The fraction of sp³-hybridized carbons (Fsp3) is 0.333. The predicted octanol–water partition coefficient (Wildman–Crippen LogP) is 3.47. The second-order valence-corrected chi connectivity index (χ2v) is 7.10. The molecule has 1 aliphatic rings. The Morgan fingerprint density at radius 1 is 1.17 bits per heavy atom. The van der Waals surface area contributed by atoms with E-state index in [9.17, 15) is 4.79 Å². The standard InChI is InChI=1S/C21H25N2O/c1-15-9-8-12-23(16(15)2)14-17(24)13-20-21(3,4)18-10-6-7-11-19(18)22(20)5/h6-13H,14H2,1-5H3/q+1/b20-13-. The molecule has 3 nitrogen and oxygen atoms in total. The molecule has 0 aliphatic carbocycles. The predicted molar refractivity (Wildman–Crippen MR) is 97.1 cm³/mol. The first-order chi connectivity index (χ1) is 11.3. The highest BCUT2D eigenvalue weighted by atomic mass is 16.1. The number of ketones is 1. The van der Waals surface area contributed by atoms with Crippen LogP contribution in [-0.4, -0.2) is 12.8 Å². The topological polar surface area (TPSA) is 24.2 Å². The van der Waals surface area contributed by atoms with Gasteiger partial charge in [0.05, 0.1) is 0 Å². The Labute approximate surface area is 144 Å². The molecule has 124 valence electrons. The number of anilines is 1. The van der Waals surface area contributed by atoms with Gasteiger partial charge in [-0.25, -0.2) is 0 Å². The number of aryl methyl sites for hydroxylation is 1. The summed E-state index contributed by atoms with van der Waals surface area (Å²) < 4.78 is 2.02. The lowest BCUT2D eigenvalue weighted by molar-refractivity contribution is -0.690. The summed E-state index contributed by atoms with van der Waals surface area (Å²) in [6.07, 6.45) is 3.78. The summed E-state index contributed by atoms with van der Waals surface area (Å²) in [5.41, 5.74) is 5.68. The number of likely N-dealkylation sites (N-methyl/N-ethyl adjacent to an activating group) is 1. The van der Waals surface area contributed by atoms with Gasteiger partial charge in [-0.05, 0) is 24.6 Å². The van der Waals surface area contributed by atoms with Gasteiger partial charge in [0, 0.05) is 48.5 Å². The number of fused-ring (bicyclic) bond motifs is 1. The van der Waals surface area contributed by atoms with Gasteiger partial charge in [-0.2, -0.15) is 4.57 Å². The highest BCUT2D eigenvalue weighted by Crippen LogP contribution is 2.46. The number of nitrogens with zero attached hydrogens (tertiary/aromatic N) is 2. The lowest BCUT2D eigenvalue weighted by atomic mass is 9.83.